The summed E-state index contributed by atoms with van der Waals surface area (Å²) >= 11 is 0. The normalized spacial score (nSPS) is 10.5. The molecular formula is C55H75BN2. The van der Waals surface area contributed by atoms with Gasteiger partial charge in [0.05, 0.1) is 5.52 Å². The lowest BCUT2D eigenvalue weighted by atomic mass is 9.66. The molecule has 0 unspecified atom stereocenters. The zero-order valence-electron chi connectivity index (χ0n) is 38.3. The Bertz CT molecular complexity index is 1930. The Kier molecular flexibility index (Phi) is 24.0. The fourth-order valence-corrected chi connectivity index (χ4v) is 7.74. The molecular weight excluding hydrogens is 699 g/mol. The number of nitrogens with zero attached hydrogens (tertiary/aromatic N) is 2. The Balaban J connectivity index is 0.000000663. The molecule has 1 heterocycles. The molecule has 1 aromatic heterocycles. The van der Waals surface area contributed by atoms with Crippen LogP contribution in [0.15, 0.2) is 121 Å². The van der Waals surface area contributed by atoms with Gasteiger partial charge in [-0.15, -0.1) is 0 Å². The molecule has 2 nitrogen and oxygen atoms in total. The number of hydrogen-bond acceptors (Lipinski definition) is 2. The summed E-state index contributed by atoms with van der Waals surface area (Å²) in [5, 5.41) is 1.21. The van der Waals surface area contributed by atoms with Crippen molar-refractivity contribution >= 4 is 24.2 Å². The molecule has 0 saturated carbocycles. The lowest BCUT2D eigenvalue weighted by Crippen LogP contribution is -2.29. The molecule has 0 aliphatic rings. The smallest absolute Gasteiger partial charge is 0.126 e. The molecule has 6 aromatic rings. The molecule has 0 bridgehead atoms. The summed E-state index contributed by atoms with van der Waals surface area (Å²) in [6.45, 7) is 22.7. The van der Waals surface area contributed by atoms with Crippen molar-refractivity contribution in [2.75, 3.05) is 0 Å². The van der Waals surface area contributed by atoms with Gasteiger partial charge in [0.25, 0.3) is 0 Å². The lowest BCUT2D eigenvalue weighted by molar-refractivity contribution is 0.495. The second kappa shape index (κ2) is 28.0. The van der Waals surface area contributed by atoms with E-state index in [-0.39, 0.29) is 5.41 Å². The molecule has 0 aliphatic heterocycles. The van der Waals surface area contributed by atoms with Crippen LogP contribution in [0.4, 0.5) is 0 Å². The monoisotopic (exact) mass is 775 g/mol. The van der Waals surface area contributed by atoms with Crippen molar-refractivity contribution in [1.82, 2.24) is 9.97 Å². The predicted molar refractivity (Wildman–Crippen MR) is 258 cm³/mol. The summed E-state index contributed by atoms with van der Waals surface area (Å²) in [6, 6.07) is 44.2. The van der Waals surface area contributed by atoms with Gasteiger partial charge >= 0.3 is 0 Å². The van der Waals surface area contributed by atoms with Gasteiger partial charge in [0.1, 0.15) is 13.7 Å². The van der Waals surface area contributed by atoms with Crippen molar-refractivity contribution in [2.24, 2.45) is 0 Å². The Morgan fingerprint density at radius 3 is 1.55 bits per heavy atom. The summed E-state index contributed by atoms with van der Waals surface area (Å²) in [6.07, 6.45) is 13.4. The molecule has 2 radical (unpaired) electrons. The average molecular weight is 775 g/mol. The summed E-state index contributed by atoms with van der Waals surface area (Å²) in [7, 11) is 5.53. The minimum absolute atomic E-state index is 0.130. The van der Waals surface area contributed by atoms with E-state index in [2.05, 4.69) is 136 Å². The Labute approximate surface area is 356 Å². The highest BCUT2D eigenvalue weighted by molar-refractivity contribution is 6.32. The van der Waals surface area contributed by atoms with Crippen LogP contribution in [0.1, 0.15) is 157 Å². The third-order valence-corrected chi connectivity index (χ3v) is 10.6. The van der Waals surface area contributed by atoms with Gasteiger partial charge < -0.3 is 0 Å². The Morgan fingerprint density at radius 2 is 1.03 bits per heavy atom. The minimum Gasteiger partial charge on any atom is -0.238 e. The van der Waals surface area contributed by atoms with Crippen LogP contribution in [0.5, 0.6) is 0 Å². The predicted octanol–water partition coefficient (Wildman–Crippen LogP) is 14.9. The number of aromatic nitrogens is 2. The zero-order chi connectivity index (χ0) is 42.8. The van der Waals surface area contributed by atoms with Gasteiger partial charge in [0.15, 0.2) is 0 Å². The maximum atomic E-state index is 5.53. The number of unbranched alkanes of at least 4 members (excludes halogenated alkanes) is 6. The highest BCUT2D eigenvalue weighted by Crippen LogP contribution is 2.43. The van der Waals surface area contributed by atoms with Crippen LogP contribution in [0, 0.1) is 20.8 Å². The molecule has 0 N–H and O–H groups in total. The first-order chi connectivity index (χ1) is 28.3. The van der Waals surface area contributed by atoms with E-state index in [1.165, 1.54) is 89.3 Å². The molecule has 0 spiro atoms. The molecule has 0 aliphatic carbocycles. The van der Waals surface area contributed by atoms with E-state index in [0.717, 1.165) is 48.2 Å². The number of aryl methyl sites for hydroxylation is 6. The van der Waals surface area contributed by atoms with Crippen molar-refractivity contribution < 1.29 is 0 Å². The number of fused-ring (bicyclic) bond motifs is 1. The van der Waals surface area contributed by atoms with Crippen LogP contribution < -0.4 is 5.46 Å². The molecule has 5 aromatic carbocycles. The third kappa shape index (κ3) is 14.7. The van der Waals surface area contributed by atoms with Gasteiger partial charge in [-0.05, 0) is 98.4 Å². The van der Waals surface area contributed by atoms with Crippen molar-refractivity contribution in [1.29, 1.82) is 0 Å². The maximum Gasteiger partial charge on any atom is 0.126 e. The highest BCUT2D eigenvalue weighted by Gasteiger charge is 2.35. The summed E-state index contributed by atoms with van der Waals surface area (Å²) in [5.41, 5.74) is 12.6. The summed E-state index contributed by atoms with van der Waals surface area (Å²) in [5.74, 6) is 0.865. The topological polar surface area (TPSA) is 25.8 Å². The van der Waals surface area contributed by atoms with E-state index in [1.807, 2.05) is 66.7 Å². The van der Waals surface area contributed by atoms with Gasteiger partial charge in [0.2, 0.25) is 0 Å². The first-order valence-electron chi connectivity index (χ1n) is 22.6. The Morgan fingerprint density at radius 1 is 0.500 bits per heavy atom. The molecule has 308 valence electrons. The zero-order valence-corrected chi connectivity index (χ0v) is 38.3. The number of hydrogen-bond donors (Lipinski definition) is 0. The van der Waals surface area contributed by atoms with E-state index in [4.69, 9.17) is 12.8 Å². The van der Waals surface area contributed by atoms with Crippen LogP contribution in [0.3, 0.4) is 0 Å². The Hall–Kier alpha value is -4.50. The second-order valence-corrected chi connectivity index (χ2v) is 14.4. The standard InChI is InChI=1S/C41H48N2.C8H9B.3C2H6/c1-5-34-29-39-32(3)42-33(4)43-40(39)30-35(34)19-13-9-7-6-8-10-18-28-41(36-20-14-11-15-21-36,37-22-16-12-17-23-37)38-26-24-31(2)25-27-38;1-2-7-4-3-5-8(9)6-7;3*1-2/h11-12,14-17,20-27,29-30H,5-10,13,18-19,28H2,1-4H3;3-6H,2H2,1H3;3*1-2H3. The van der Waals surface area contributed by atoms with Gasteiger partial charge in [-0.1, -0.05) is 214 Å². The van der Waals surface area contributed by atoms with Crippen LogP contribution in [-0.4, -0.2) is 17.8 Å². The van der Waals surface area contributed by atoms with E-state index in [9.17, 15) is 0 Å². The second-order valence-electron chi connectivity index (χ2n) is 14.4. The third-order valence-electron chi connectivity index (χ3n) is 10.6. The lowest BCUT2D eigenvalue weighted by Gasteiger charge is -2.36. The van der Waals surface area contributed by atoms with Crippen molar-refractivity contribution in [2.45, 2.75) is 152 Å². The van der Waals surface area contributed by atoms with E-state index < -0.39 is 0 Å². The van der Waals surface area contributed by atoms with E-state index >= 15 is 0 Å². The molecule has 6 rings (SSSR count). The highest BCUT2D eigenvalue weighted by atomic mass is 14.9. The van der Waals surface area contributed by atoms with Crippen LogP contribution >= 0.6 is 0 Å². The van der Waals surface area contributed by atoms with Crippen molar-refractivity contribution in [3.63, 3.8) is 0 Å². The number of rotatable bonds is 15. The van der Waals surface area contributed by atoms with Crippen LogP contribution in [0.25, 0.3) is 10.9 Å². The fraction of sp³-hybridized carbons (Fsp3) is 0.418. The van der Waals surface area contributed by atoms with Gasteiger partial charge in [-0.25, -0.2) is 9.97 Å². The molecule has 0 atom stereocenters. The first-order valence-corrected chi connectivity index (χ1v) is 22.6. The fourth-order valence-electron chi connectivity index (χ4n) is 7.74. The van der Waals surface area contributed by atoms with E-state index in [0.29, 0.717) is 0 Å². The summed E-state index contributed by atoms with van der Waals surface area (Å²) < 4.78 is 0. The van der Waals surface area contributed by atoms with Gasteiger partial charge in [-0.2, -0.15) is 0 Å². The van der Waals surface area contributed by atoms with Crippen molar-refractivity contribution in [3.05, 3.63) is 172 Å². The van der Waals surface area contributed by atoms with Crippen LogP contribution in [0.2, 0.25) is 0 Å². The van der Waals surface area contributed by atoms with Gasteiger partial charge in [0, 0.05) is 16.5 Å². The quantitative estimate of drug-likeness (QED) is 0.0590. The average Bonchev–Trinajstić information content (AvgIpc) is 3.27. The molecule has 58 heavy (non-hydrogen) atoms. The minimum atomic E-state index is -0.130. The van der Waals surface area contributed by atoms with Crippen molar-refractivity contribution in [3.8, 4) is 0 Å². The first kappa shape index (κ1) is 49.7. The van der Waals surface area contributed by atoms with Crippen LogP contribution in [-0.2, 0) is 24.7 Å². The van der Waals surface area contributed by atoms with E-state index in [1.54, 1.807) is 0 Å². The maximum absolute atomic E-state index is 5.53. The molecule has 0 amide bonds. The number of benzene rings is 5. The molecule has 0 saturated heterocycles. The molecule has 3 heteroatoms. The molecule has 0 fully saturated rings. The largest absolute Gasteiger partial charge is 0.238 e. The summed E-state index contributed by atoms with van der Waals surface area (Å²) in [4.78, 5) is 9.30. The van der Waals surface area contributed by atoms with Gasteiger partial charge in [-0.3, -0.25) is 0 Å². The SMILES string of the molecule is CC.CC.CC.CCc1cc2c(C)nc(C)nc2cc1CCCCCCCCCC(c1ccccc1)(c1ccccc1)c1ccc(C)cc1.[B]c1cccc(CC)c1.